The van der Waals surface area contributed by atoms with Crippen molar-refractivity contribution in [2.45, 2.75) is 56.8 Å². The Labute approximate surface area is 232 Å². The third-order valence-corrected chi connectivity index (χ3v) is 7.97. The lowest BCUT2D eigenvalue weighted by atomic mass is 9.96. The van der Waals surface area contributed by atoms with Crippen LogP contribution in [0.3, 0.4) is 0 Å². The van der Waals surface area contributed by atoms with E-state index in [0.29, 0.717) is 11.1 Å². The molecule has 3 atom stereocenters. The number of benzene rings is 3. The Kier molecular flexibility index (Phi) is 7.05. The highest BCUT2D eigenvalue weighted by Gasteiger charge is 2.40. The summed E-state index contributed by atoms with van der Waals surface area (Å²) in [6.45, 7) is 1.77. The summed E-state index contributed by atoms with van der Waals surface area (Å²) in [4.78, 5) is 33.0. The maximum absolute atomic E-state index is 15.0. The predicted octanol–water partition coefficient (Wildman–Crippen LogP) is 5.95. The van der Waals surface area contributed by atoms with Crippen LogP contribution in [0, 0.1) is 12.7 Å². The standard InChI is InChI=1S/C33H31F2N3O2/c1-20-10-14-27-23(8-5-9-29(27)36-20)17-31(39)38-19-25(34)18-30(38)33(40)37-32(22-6-3-2-4-7-22)24-13-15-26(21-11-12-21)28(35)16-24/h2-10,13-16,21,25,30,32H,11-12,17-19H2,1H3,(H,37,40)/t25?,30-,32-/m0/s1. The summed E-state index contributed by atoms with van der Waals surface area (Å²) in [6, 6.07) is 22.3. The number of carbonyl (C=O) groups excluding carboxylic acids is 2. The molecule has 1 saturated carbocycles. The lowest BCUT2D eigenvalue weighted by Crippen LogP contribution is -2.47. The molecule has 2 amide bonds. The van der Waals surface area contributed by atoms with Gasteiger partial charge in [0.15, 0.2) is 0 Å². The van der Waals surface area contributed by atoms with E-state index in [4.69, 9.17) is 0 Å². The first-order valence-corrected chi connectivity index (χ1v) is 13.8. The van der Waals surface area contributed by atoms with Crippen LogP contribution in [0.4, 0.5) is 8.78 Å². The van der Waals surface area contributed by atoms with E-state index in [0.717, 1.165) is 40.6 Å². The van der Waals surface area contributed by atoms with E-state index < -0.39 is 24.2 Å². The average molecular weight is 540 g/mol. The summed E-state index contributed by atoms with van der Waals surface area (Å²) >= 11 is 0. The molecule has 2 heterocycles. The monoisotopic (exact) mass is 539 g/mol. The molecule has 0 radical (unpaired) electrons. The highest BCUT2D eigenvalue weighted by atomic mass is 19.1. The quantitative estimate of drug-likeness (QED) is 0.316. The molecule has 6 rings (SSSR count). The van der Waals surface area contributed by atoms with E-state index in [1.807, 2.05) is 73.7 Å². The number of aromatic nitrogens is 1. The van der Waals surface area contributed by atoms with Crippen molar-refractivity contribution < 1.29 is 18.4 Å². The van der Waals surface area contributed by atoms with Crippen LogP contribution in [0.15, 0.2) is 78.9 Å². The number of alkyl halides is 1. The van der Waals surface area contributed by atoms with Gasteiger partial charge in [0.1, 0.15) is 18.0 Å². The summed E-state index contributed by atoms with van der Waals surface area (Å²) in [5, 5.41) is 3.87. The maximum atomic E-state index is 15.0. The number of amides is 2. The van der Waals surface area contributed by atoms with Gasteiger partial charge in [-0.2, -0.15) is 0 Å². The van der Waals surface area contributed by atoms with Gasteiger partial charge in [0.2, 0.25) is 11.8 Å². The molecule has 204 valence electrons. The fraction of sp³-hybridized carbons (Fsp3) is 0.303. The minimum absolute atomic E-state index is 0.0362. The Morgan fingerprint density at radius 3 is 2.55 bits per heavy atom. The molecule has 4 aromatic rings. The van der Waals surface area contributed by atoms with Gasteiger partial charge in [0, 0.05) is 17.5 Å². The van der Waals surface area contributed by atoms with Crippen molar-refractivity contribution in [2.24, 2.45) is 0 Å². The molecule has 1 unspecified atom stereocenters. The fourth-order valence-electron chi connectivity index (χ4n) is 5.74. The van der Waals surface area contributed by atoms with Gasteiger partial charge in [0.25, 0.3) is 0 Å². The van der Waals surface area contributed by atoms with Gasteiger partial charge in [-0.05, 0) is 66.1 Å². The zero-order valence-electron chi connectivity index (χ0n) is 22.3. The summed E-state index contributed by atoms with van der Waals surface area (Å²) in [5.74, 6) is -0.787. The molecular formula is C33H31F2N3O2. The van der Waals surface area contributed by atoms with Crippen molar-refractivity contribution in [2.75, 3.05) is 6.54 Å². The Bertz CT molecular complexity index is 1570. The summed E-state index contributed by atoms with van der Waals surface area (Å²) in [6.07, 6.45) is 0.626. The second kappa shape index (κ2) is 10.8. The van der Waals surface area contributed by atoms with E-state index in [1.165, 1.54) is 11.0 Å². The number of hydrogen-bond acceptors (Lipinski definition) is 3. The number of nitrogens with one attached hydrogen (secondary N) is 1. The van der Waals surface area contributed by atoms with Crippen LogP contribution < -0.4 is 5.32 Å². The number of hydrogen-bond donors (Lipinski definition) is 1. The number of likely N-dealkylation sites (tertiary alicyclic amines) is 1. The third kappa shape index (κ3) is 5.33. The zero-order valence-corrected chi connectivity index (χ0v) is 22.3. The topological polar surface area (TPSA) is 62.3 Å². The molecule has 1 saturated heterocycles. The van der Waals surface area contributed by atoms with Crippen LogP contribution in [0.25, 0.3) is 10.9 Å². The lowest BCUT2D eigenvalue weighted by Gasteiger charge is -2.27. The van der Waals surface area contributed by atoms with Gasteiger partial charge in [-0.15, -0.1) is 0 Å². The molecule has 7 heteroatoms. The molecule has 1 aromatic heterocycles. The molecule has 0 spiro atoms. The van der Waals surface area contributed by atoms with Crippen LogP contribution in [0.2, 0.25) is 0 Å². The first-order valence-electron chi connectivity index (χ1n) is 13.8. The van der Waals surface area contributed by atoms with Crippen LogP contribution in [0.1, 0.15) is 59.2 Å². The third-order valence-electron chi connectivity index (χ3n) is 7.97. The second-order valence-corrected chi connectivity index (χ2v) is 10.9. The Morgan fingerprint density at radius 2 is 1.80 bits per heavy atom. The number of rotatable bonds is 7. The van der Waals surface area contributed by atoms with E-state index >= 15 is 0 Å². The Hall–Kier alpha value is -4.13. The van der Waals surface area contributed by atoms with Crippen molar-refractivity contribution >= 4 is 22.7 Å². The van der Waals surface area contributed by atoms with Gasteiger partial charge in [-0.1, -0.05) is 60.7 Å². The SMILES string of the molecule is Cc1ccc2c(CC(=O)N3CC(F)C[C@H]3C(=O)N[C@@H](c3ccccc3)c3ccc(C4CC4)c(F)c3)cccc2n1. The first-order chi connectivity index (χ1) is 19.4. The number of fused-ring (bicyclic) bond motifs is 1. The number of pyridine rings is 1. The van der Waals surface area contributed by atoms with Gasteiger partial charge in [0.05, 0.1) is 24.5 Å². The highest BCUT2D eigenvalue weighted by Crippen LogP contribution is 2.42. The van der Waals surface area contributed by atoms with E-state index in [1.54, 1.807) is 6.07 Å². The normalized spacial score (nSPS) is 19.5. The van der Waals surface area contributed by atoms with Crippen molar-refractivity contribution in [1.82, 2.24) is 15.2 Å². The van der Waals surface area contributed by atoms with Gasteiger partial charge in [-0.3, -0.25) is 14.6 Å². The van der Waals surface area contributed by atoms with Gasteiger partial charge in [-0.25, -0.2) is 8.78 Å². The number of halogens is 2. The molecule has 1 N–H and O–H groups in total. The smallest absolute Gasteiger partial charge is 0.243 e. The molecule has 3 aromatic carbocycles. The summed E-state index contributed by atoms with van der Waals surface area (Å²) < 4.78 is 29.7. The molecule has 2 fully saturated rings. The Morgan fingerprint density at radius 1 is 1.00 bits per heavy atom. The largest absolute Gasteiger partial charge is 0.343 e. The minimum atomic E-state index is -1.30. The number of nitrogens with zero attached hydrogens (tertiary/aromatic N) is 2. The van der Waals surface area contributed by atoms with E-state index in [2.05, 4.69) is 10.3 Å². The van der Waals surface area contributed by atoms with Crippen LogP contribution >= 0.6 is 0 Å². The Balaban J connectivity index is 1.25. The average Bonchev–Trinajstić information content (AvgIpc) is 3.71. The van der Waals surface area contributed by atoms with Crippen molar-refractivity contribution in [3.05, 3.63) is 113 Å². The molecular weight excluding hydrogens is 508 g/mol. The van der Waals surface area contributed by atoms with E-state index in [9.17, 15) is 18.4 Å². The van der Waals surface area contributed by atoms with Crippen molar-refractivity contribution in [1.29, 1.82) is 0 Å². The molecule has 5 nitrogen and oxygen atoms in total. The van der Waals surface area contributed by atoms with Gasteiger partial charge >= 0.3 is 0 Å². The van der Waals surface area contributed by atoms with Crippen molar-refractivity contribution in [3.63, 3.8) is 0 Å². The first kappa shape index (κ1) is 26.1. The maximum Gasteiger partial charge on any atom is 0.243 e. The molecule has 0 bridgehead atoms. The van der Waals surface area contributed by atoms with Crippen LogP contribution in [-0.2, 0) is 16.0 Å². The van der Waals surface area contributed by atoms with Crippen molar-refractivity contribution in [3.8, 4) is 0 Å². The number of aryl methyl sites for hydroxylation is 1. The molecule has 2 aliphatic rings. The van der Waals surface area contributed by atoms with E-state index in [-0.39, 0.29) is 37.0 Å². The minimum Gasteiger partial charge on any atom is -0.343 e. The lowest BCUT2D eigenvalue weighted by molar-refractivity contribution is -0.138. The zero-order chi connectivity index (χ0) is 27.8. The predicted molar refractivity (Wildman–Crippen MR) is 150 cm³/mol. The highest BCUT2D eigenvalue weighted by molar-refractivity contribution is 5.92. The van der Waals surface area contributed by atoms with Crippen LogP contribution in [0.5, 0.6) is 0 Å². The summed E-state index contributed by atoms with van der Waals surface area (Å²) in [7, 11) is 0. The van der Waals surface area contributed by atoms with Crippen LogP contribution in [-0.4, -0.2) is 40.5 Å². The molecule has 1 aliphatic carbocycles. The fourth-order valence-corrected chi connectivity index (χ4v) is 5.74. The summed E-state index contributed by atoms with van der Waals surface area (Å²) in [5.41, 5.74) is 4.53. The van der Waals surface area contributed by atoms with Gasteiger partial charge < -0.3 is 10.2 Å². The second-order valence-electron chi connectivity index (χ2n) is 10.9. The number of carbonyl (C=O) groups is 2. The molecule has 40 heavy (non-hydrogen) atoms. The molecule has 1 aliphatic heterocycles.